The quantitative estimate of drug-likeness (QED) is 0.399. The summed E-state index contributed by atoms with van der Waals surface area (Å²) in [5, 5.41) is 3.33. The molecule has 0 aliphatic carbocycles. The van der Waals surface area contributed by atoms with Gasteiger partial charge in [0.25, 0.3) is 5.91 Å². The lowest BCUT2D eigenvalue weighted by molar-refractivity contribution is -0.150. The second-order valence-electron chi connectivity index (χ2n) is 5.06. The van der Waals surface area contributed by atoms with Crippen LogP contribution in [-0.4, -0.2) is 37.4 Å². The summed E-state index contributed by atoms with van der Waals surface area (Å²) in [5.74, 6) is -0.454. The molecule has 0 aromatic heterocycles. The van der Waals surface area contributed by atoms with E-state index in [1.165, 1.54) is 24.3 Å². The Kier molecular flexibility index (Phi) is 8.24. The fraction of sp³-hybridized carbons (Fsp3) is 0.222. The molecule has 1 amide bonds. The van der Waals surface area contributed by atoms with Gasteiger partial charge in [0.1, 0.15) is 11.6 Å². The van der Waals surface area contributed by atoms with Gasteiger partial charge in [0.15, 0.2) is 13.2 Å². The third kappa shape index (κ3) is 7.76. The Morgan fingerprint density at radius 3 is 2.42 bits per heavy atom. The SMILES string of the molecule is O=C(COC(=O)COc1ccc(F)cc1)NCCSc1ccc(Cl)cc1. The van der Waals surface area contributed by atoms with Crippen molar-refractivity contribution in [1.29, 1.82) is 0 Å². The average Bonchev–Trinajstić information content (AvgIpc) is 2.64. The molecule has 2 aromatic carbocycles. The molecular formula is C18H17ClFNO4S. The lowest BCUT2D eigenvalue weighted by atomic mass is 10.3. The van der Waals surface area contributed by atoms with Gasteiger partial charge in [-0.2, -0.15) is 0 Å². The number of hydrogen-bond acceptors (Lipinski definition) is 5. The molecule has 0 unspecified atom stereocenters. The van der Waals surface area contributed by atoms with E-state index in [0.29, 0.717) is 23.1 Å². The summed E-state index contributed by atoms with van der Waals surface area (Å²) >= 11 is 7.38. The summed E-state index contributed by atoms with van der Waals surface area (Å²) in [6, 6.07) is 12.6. The first kappa shape index (κ1) is 20.1. The number of hydrogen-bond donors (Lipinski definition) is 1. The summed E-state index contributed by atoms with van der Waals surface area (Å²) in [4.78, 5) is 24.2. The highest BCUT2D eigenvalue weighted by Gasteiger charge is 2.08. The number of halogens is 2. The van der Waals surface area contributed by atoms with Crippen LogP contribution in [0.2, 0.25) is 5.02 Å². The zero-order chi connectivity index (χ0) is 18.8. The van der Waals surface area contributed by atoms with Crippen LogP contribution in [-0.2, 0) is 14.3 Å². The van der Waals surface area contributed by atoms with Gasteiger partial charge in [0, 0.05) is 22.2 Å². The van der Waals surface area contributed by atoms with E-state index in [4.69, 9.17) is 21.1 Å². The predicted molar refractivity (Wildman–Crippen MR) is 98.0 cm³/mol. The van der Waals surface area contributed by atoms with Crippen molar-refractivity contribution in [3.05, 3.63) is 59.4 Å². The monoisotopic (exact) mass is 397 g/mol. The Bertz CT molecular complexity index is 725. The first-order valence-corrected chi connectivity index (χ1v) is 9.08. The van der Waals surface area contributed by atoms with Gasteiger partial charge in [-0.3, -0.25) is 4.79 Å². The van der Waals surface area contributed by atoms with Crippen molar-refractivity contribution in [2.24, 2.45) is 0 Å². The number of esters is 1. The molecule has 0 bridgehead atoms. The molecule has 2 aromatic rings. The van der Waals surface area contributed by atoms with Crippen LogP contribution >= 0.6 is 23.4 Å². The molecule has 0 spiro atoms. The lowest BCUT2D eigenvalue weighted by Gasteiger charge is -2.08. The number of carbonyl (C=O) groups excluding carboxylic acids is 2. The Hall–Kier alpha value is -2.25. The number of thioether (sulfide) groups is 1. The van der Waals surface area contributed by atoms with Crippen LogP contribution in [0, 0.1) is 5.82 Å². The maximum absolute atomic E-state index is 12.7. The van der Waals surface area contributed by atoms with Gasteiger partial charge >= 0.3 is 5.97 Å². The van der Waals surface area contributed by atoms with Crippen molar-refractivity contribution in [1.82, 2.24) is 5.32 Å². The molecular weight excluding hydrogens is 381 g/mol. The van der Waals surface area contributed by atoms with Gasteiger partial charge in [-0.1, -0.05) is 11.6 Å². The molecule has 1 N–H and O–H groups in total. The number of nitrogens with one attached hydrogen (secondary N) is 1. The van der Waals surface area contributed by atoms with E-state index in [-0.39, 0.29) is 13.2 Å². The summed E-state index contributed by atoms with van der Waals surface area (Å²) in [7, 11) is 0. The van der Waals surface area contributed by atoms with Gasteiger partial charge in [0.2, 0.25) is 0 Å². The van der Waals surface area contributed by atoms with Crippen LogP contribution in [0.15, 0.2) is 53.4 Å². The Morgan fingerprint density at radius 1 is 1.04 bits per heavy atom. The minimum atomic E-state index is -0.681. The van der Waals surface area contributed by atoms with Crippen molar-refractivity contribution in [2.45, 2.75) is 4.90 Å². The maximum Gasteiger partial charge on any atom is 0.344 e. The second kappa shape index (κ2) is 10.7. The molecule has 26 heavy (non-hydrogen) atoms. The van der Waals surface area contributed by atoms with E-state index < -0.39 is 17.7 Å². The molecule has 0 fully saturated rings. The van der Waals surface area contributed by atoms with Crippen molar-refractivity contribution in [3.8, 4) is 5.75 Å². The molecule has 0 radical (unpaired) electrons. The van der Waals surface area contributed by atoms with Crippen LogP contribution in [0.1, 0.15) is 0 Å². The van der Waals surface area contributed by atoms with Gasteiger partial charge < -0.3 is 14.8 Å². The number of ether oxygens (including phenoxy) is 2. The van der Waals surface area contributed by atoms with Crippen molar-refractivity contribution < 1.29 is 23.5 Å². The Balaban J connectivity index is 1.55. The second-order valence-corrected chi connectivity index (χ2v) is 6.66. The minimum absolute atomic E-state index is 0.340. The number of benzene rings is 2. The molecule has 0 saturated carbocycles. The molecule has 0 atom stereocenters. The molecule has 2 rings (SSSR count). The molecule has 8 heteroatoms. The van der Waals surface area contributed by atoms with E-state index in [0.717, 1.165) is 4.90 Å². The first-order valence-electron chi connectivity index (χ1n) is 7.72. The van der Waals surface area contributed by atoms with Gasteiger partial charge in [-0.15, -0.1) is 11.8 Å². The zero-order valence-electron chi connectivity index (χ0n) is 13.7. The zero-order valence-corrected chi connectivity index (χ0v) is 15.3. The molecule has 0 heterocycles. The van der Waals surface area contributed by atoms with Crippen LogP contribution in [0.25, 0.3) is 0 Å². The number of carbonyl (C=O) groups is 2. The predicted octanol–water partition coefficient (Wildman–Crippen LogP) is 3.31. The van der Waals surface area contributed by atoms with Crippen molar-refractivity contribution in [3.63, 3.8) is 0 Å². The summed E-state index contributed by atoms with van der Waals surface area (Å²) in [6.07, 6.45) is 0. The van der Waals surface area contributed by atoms with Gasteiger partial charge in [0.05, 0.1) is 0 Å². The Labute approximate surface area is 159 Å². The standard InChI is InChI=1S/C18H17ClFNO4S/c19-13-1-7-16(8-2-13)26-10-9-21-17(22)11-25-18(23)12-24-15-5-3-14(20)4-6-15/h1-8H,9-12H2,(H,21,22). The third-order valence-electron chi connectivity index (χ3n) is 3.04. The number of amides is 1. The lowest BCUT2D eigenvalue weighted by Crippen LogP contribution is -2.31. The summed E-state index contributed by atoms with van der Waals surface area (Å²) in [5.41, 5.74) is 0. The highest BCUT2D eigenvalue weighted by molar-refractivity contribution is 7.99. The molecule has 0 saturated heterocycles. The summed E-state index contributed by atoms with van der Waals surface area (Å²) in [6.45, 7) is -0.293. The molecule has 0 aliphatic heterocycles. The topological polar surface area (TPSA) is 64.6 Å². The van der Waals surface area contributed by atoms with Crippen LogP contribution in [0.5, 0.6) is 5.75 Å². The van der Waals surface area contributed by atoms with Crippen molar-refractivity contribution in [2.75, 3.05) is 25.5 Å². The first-order chi connectivity index (χ1) is 12.5. The van der Waals surface area contributed by atoms with E-state index in [1.54, 1.807) is 23.9 Å². The number of rotatable bonds is 9. The average molecular weight is 398 g/mol. The van der Waals surface area contributed by atoms with Gasteiger partial charge in [-0.05, 0) is 48.5 Å². The highest BCUT2D eigenvalue weighted by Crippen LogP contribution is 2.19. The summed E-state index contributed by atoms with van der Waals surface area (Å²) < 4.78 is 22.7. The third-order valence-corrected chi connectivity index (χ3v) is 4.31. The minimum Gasteiger partial charge on any atom is -0.482 e. The van der Waals surface area contributed by atoms with Crippen molar-refractivity contribution >= 4 is 35.2 Å². The van der Waals surface area contributed by atoms with Crippen LogP contribution < -0.4 is 10.1 Å². The normalized spacial score (nSPS) is 10.2. The maximum atomic E-state index is 12.7. The molecule has 138 valence electrons. The smallest absolute Gasteiger partial charge is 0.344 e. The fourth-order valence-corrected chi connectivity index (χ4v) is 2.70. The largest absolute Gasteiger partial charge is 0.482 e. The van der Waals surface area contributed by atoms with E-state index in [9.17, 15) is 14.0 Å². The molecule has 5 nitrogen and oxygen atoms in total. The van der Waals surface area contributed by atoms with Crippen LogP contribution in [0.4, 0.5) is 4.39 Å². The van der Waals surface area contributed by atoms with E-state index >= 15 is 0 Å². The Morgan fingerprint density at radius 2 is 1.73 bits per heavy atom. The van der Waals surface area contributed by atoms with Crippen LogP contribution in [0.3, 0.4) is 0 Å². The van der Waals surface area contributed by atoms with E-state index in [2.05, 4.69) is 5.32 Å². The fourth-order valence-electron chi connectivity index (χ4n) is 1.80. The highest BCUT2D eigenvalue weighted by atomic mass is 35.5. The molecule has 0 aliphatic rings. The van der Waals surface area contributed by atoms with Gasteiger partial charge in [-0.25, -0.2) is 9.18 Å². The van der Waals surface area contributed by atoms with E-state index in [1.807, 2.05) is 12.1 Å².